The molecule has 0 radical (unpaired) electrons. The minimum absolute atomic E-state index is 0.0329. The molecular weight excluding hydrogens is 414 g/mol. The first-order valence-corrected chi connectivity index (χ1v) is 12.0. The van der Waals surface area contributed by atoms with Crippen LogP contribution in [0.15, 0.2) is 91.4 Å². The molecule has 0 aliphatic carbocycles. The Bertz CT molecular complexity index is 1390. The lowest BCUT2D eigenvalue weighted by Crippen LogP contribution is -2.21. The lowest BCUT2D eigenvalue weighted by atomic mass is 10.1. The van der Waals surface area contributed by atoms with Gasteiger partial charge in [-0.3, -0.25) is 4.68 Å². The van der Waals surface area contributed by atoms with E-state index in [0.717, 1.165) is 5.52 Å². The molecule has 6 aromatic rings. The second-order valence-electron chi connectivity index (χ2n) is 11.2. The monoisotopic (exact) mass is 447 g/mol. The molecule has 2 heterocycles. The van der Waals surface area contributed by atoms with E-state index in [2.05, 4.69) is 143 Å². The van der Waals surface area contributed by atoms with Gasteiger partial charge in [0.2, 0.25) is 0 Å². The van der Waals surface area contributed by atoms with Crippen molar-refractivity contribution in [2.45, 2.75) is 52.6 Å². The Balaban J connectivity index is 0.000000142. The molecule has 0 atom stereocenters. The molecule has 2 aromatic heterocycles. The quantitative estimate of drug-likeness (QED) is 0.229. The highest BCUT2D eigenvalue weighted by atomic mass is 15.3. The first-order chi connectivity index (χ1) is 16.1. The largest absolute Gasteiger partial charge is 0.348 e. The lowest BCUT2D eigenvalue weighted by Gasteiger charge is -2.20. The van der Waals surface area contributed by atoms with Crippen molar-refractivity contribution in [2.75, 3.05) is 0 Å². The summed E-state index contributed by atoms with van der Waals surface area (Å²) >= 11 is 0. The van der Waals surface area contributed by atoms with Crippen LogP contribution in [-0.2, 0) is 11.1 Å². The third-order valence-electron chi connectivity index (χ3n) is 6.34. The van der Waals surface area contributed by atoms with E-state index in [0.29, 0.717) is 0 Å². The van der Waals surface area contributed by atoms with Crippen LogP contribution in [-0.4, -0.2) is 14.3 Å². The van der Waals surface area contributed by atoms with Crippen LogP contribution in [0.25, 0.3) is 43.2 Å². The highest BCUT2D eigenvalue weighted by Crippen LogP contribution is 2.27. The Kier molecular flexibility index (Phi) is 5.24. The first-order valence-electron chi connectivity index (χ1n) is 12.0. The Morgan fingerprint density at radius 2 is 0.941 bits per heavy atom. The van der Waals surface area contributed by atoms with Gasteiger partial charge in [-0.2, -0.15) is 5.10 Å². The highest BCUT2D eigenvalue weighted by molar-refractivity contribution is 5.98. The van der Waals surface area contributed by atoms with E-state index in [1.54, 1.807) is 0 Å². The van der Waals surface area contributed by atoms with Crippen LogP contribution in [0.5, 0.6) is 0 Å². The molecule has 3 heteroatoms. The van der Waals surface area contributed by atoms with Gasteiger partial charge >= 0.3 is 0 Å². The van der Waals surface area contributed by atoms with Gasteiger partial charge in [0, 0.05) is 29.5 Å². The second kappa shape index (κ2) is 8.02. The highest BCUT2D eigenvalue weighted by Gasteiger charge is 2.15. The predicted molar refractivity (Wildman–Crippen MR) is 147 cm³/mol. The fourth-order valence-corrected chi connectivity index (χ4v) is 4.28. The summed E-state index contributed by atoms with van der Waals surface area (Å²) in [6, 6.07) is 25.8. The molecule has 6 rings (SSSR count). The Labute approximate surface area is 201 Å². The van der Waals surface area contributed by atoms with Crippen LogP contribution in [0.1, 0.15) is 41.5 Å². The summed E-state index contributed by atoms with van der Waals surface area (Å²) in [6.45, 7) is 13.2. The number of fused-ring (bicyclic) bond motifs is 4. The molecule has 4 aromatic carbocycles. The molecule has 0 unspecified atom stereocenters. The zero-order chi connectivity index (χ0) is 24.1. The van der Waals surface area contributed by atoms with Crippen LogP contribution < -0.4 is 0 Å². The number of rotatable bonds is 0. The molecule has 0 aliphatic rings. The van der Waals surface area contributed by atoms with Crippen LogP contribution >= 0.6 is 0 Å². The molecule has 0 saturated heterocycles. The molecule has 0 N–H and O–H groups in total. The molecular formula is C31H33N3. The third-order valence-corrected chi connectivity index (χ3v) is 6.34. The molecule has 0 spiro atoms. The van der Waals surface area contributed by atoms with Crippen LogP contribution in [0.3, 0.4) is 0 Å². The maximum Gasteiger partial charge on any atom is 0.0929 e. The number of benzene rings is 4. The van der Waals surface area contributed by atoms with Crippen LogP contribution in [0.4, 0.5) is 0 Å². The van der Waals surface area contributed by atoms with Crippen molar-refractivity contribution in [1.29, 1.82) is 0 Å². The SMILES string of the molecule is CC(C)(C)n1cc2cc3ccccc3cc2c1.CC(C)(C)n1cc2cc3ccccc3cc2n1. The Hall–Kier alpha value is -3.59. The van der Waals surface area contributed by atoms with Gasteiger partial charge < -0.3 is 4.57 Å². The summed E-state index contributed by atoms with van der Waals surface area (Å²) in [5.41, 5.74) is 1.25. The summed E-state index contributed by atoms with van der Waals surface area (Å²) in [5.74, 6) is 0. The Morgan fingerprint density at radius 1 is 0.500 bits per heavy atom. The molecule has 0 saturated carbocycles. The van der Waals surface area contributed by atoms with E-state index >= 15 is 0 Å². The van der Waals surface area contributed by atoms with E-state index in [4.69, 9.17) is 0 Å². The number of aromatic nitrogens is 3. The average molecular weight is 448 g/mol. The molecule has 0 fully saturated rings. The summed E-state index contributed by atoms with van der Waals surface area (Å²) in [5, 5.41) is 13.6. The minimum atomic E-state index is 0.0329. The third kappa shape index (κ3) is 4.31. The van der Waals surface area contributed by atoms with Crippen molar-refractivity contribution in [3.05, 3.63) is 91.4 Å². The van der Waals surface area contributed by atoms with Crippen LogP contribution in [0, 0.1) is 0 Å². The maximum absolute atomic E-state index is 4.65. The van der Waals surface area contributed by atoms with E-state index in [1.165, 1.54) is 37.7 Å². The van der Waals surface area contributed by atoms with Gasteiger partial charge in [0.1, 0.15) is 0 Å². The average Bonchev–Trinajstić information content (AvgIpc) is 3.39. The molecule has 0 bridgehead atoms. The van der Waals surface area contributed by atoms with Gasteiger partial charge in [-0.1, -0.05) is 48.5 Å². The summed E-state index contributed by atoms with van der Waals surface area (Å²) in [4.78, 5) is 0. The first kappa shape index (κ1) is 22.2. The fourth-order valence-electron chi connectivity index (χ4n) is 4.28. The maximum atomic E-state index is 4.65. The summed E-state index contributed by atoms with van der Waals surface area (Å²) in [6.07, 6.45) is 6.60. The molecule has 172 valence electrons. The van der Waals surface area contributed by atoms with Gasteiger partial charge in [0.15, 0.2) is 0 Å². The minimum Gasteiger partial charge on any atom is -0.348 e. The molecule has 0 aliphatic heterocycles. The zero-order valence-electron chi connectivity index (χ0n) is 21.0. The number of hydrogen-bond acceptors (Lipinski definition) is 1. The standard InChI is InChI=1S/C16H17N.C15H16N2/c1-16(2,3)17-10-14-8-12-6-4-5-7-13(12)9-15(14)11-17;1-15(2,3)17-10-13-8-11-6-4-5-7-12(11)9-14(13)16-17/h4-11H,1-3H3;4-10H,1-3H3. The van der Waals surface area contributed by atoms with E-state index in [1.807, 2.05) is 4.68 Å². The topological polar surface area (TPSA) is 22.8 Å². The van der Waals surface area contributed by atoms with Gasteiger partial charge in [-0.05, 0) is 98.1 Å². The van der Waals surface area contributed by atoms with Gasteiger partial charge in [0.25, 0.3) is 0 Å². The van der Waals surface area contributed by atoms with Crippen molar-refractivity contribution in [2.24, 2.45) is 0 Å². The van der Waals surface area contributed by atoms with Gasteiger partial charge in [-0.25, -0.2) is 0 Å². The van der Waals surface area contributed by atoms with Crippen molar-refractivity contribution in [1.82, 2.24) is 14.3 Å². The smallest absolute Gasteiger partial charge is 0.0929 e. The second-order valence-corrected chi connectivity index (χ2v) is 11.2. The molecule has 3 nitrogen and oxygen atoms in total. The lowest BCUT2D eigenvalue weighted by molar-refractivity contribution is 0.358. The number of nitrogens with zero attached hydrogens (tertiary/aromatic N) is 3. The van der Waals surface area contributed by atoms with Crippen LogP contribution in [0.2, 0.25) is 0 Å². The van der Waals surface area contributed by atoms with Crippen molar-refractivity contribution in [3.63, 3.8) is 0 Å². The fraction of sp³-hybridized carbons (Fsp3) is 0.258. The normalized spacial score (nSPS) is 12.4. The van der Waals surface area contributed by atoms with E-state index < -0.39 is 0 Å². The van der Waals surface area contributed by atoms with Gasteiger partial charge in [0.05, 0.1) is 11.1 Å². The van der Waals surface area contributed by atoms with Crippen molar-refractivity contribution >= 4 is 43.2 Å². The van der Waals surface area contributed by atoms with Gasteiger partial charge in [-0.15, -0.1) is 0 Å². The van der Waals surface area contributed by atoms with E-state index in [9.17, 15) is 0 Å². The molecule has 0 amide bonds. The zero-order valence-corrected chi connectivity index (χ0v) is 21.0. The summed E-state index contributed by atoms with van der Waals surface area (Å²) in [7, 11) is 0. The van der Waals surface area contributed by atoms with Crippen molar-refractivity contribution in [3.8, 4) is 0 Å². The predicted octanol–water partition coefficient (Wildman–Crippen LogP) is 8.49. The van der Waals surface area contributed by atoms with Crippen molar-refractivity contribution < 1.29 is 0 Å². The summed E-state index contributed by atoms with van der Waals surface area (Å²) < 4.78 is 4.33. The number of hydrogen-bond donors (Lipinski definition) is 0. The molecule has 34 heavy (non-hydrogen) atoms. The Morgan fingerprint density at radius 3 is 1.38 bits per heavy atom. The van der Waals surface area contributed by atoms with E-state index in [-0.39, 0.29) is 11.1 Å².